The third-order valence-corrected chi connectivity index (χ3v) is 5.11. The van der Waals surface area contributed by atoms with Crippen molar-refractivity contribution >= 4 is 23.2 Å². The Hall–Kier alpha value is -2.04. The van der Waals surface area contributed by atoms with Gasteiger partial charge in [-0.05, 0) is 30.7 Å². The number of halogens is 1. The molecule has 0 spiro atoms. The fourth-order valence-electron chi connectivity index (χ4n) is 3.30. The average molecular weight is 372 g/mol. The third-order valence-electron chi connectivity index (χ3n) is 4.88. The Balaban J connectivity index is 1.40. The Morgan fingerprint density at radius 1 is 1.08 bits per heavy atom. The second-order valence-corrected chi connectivity index (χ2v) is 7.19. The Morgan fingerprint density at radius 2 is 1.81 bits per heavy atom. The lowest BCUT2D eigenvalue weighted by Crippen LogP contribution is -2.47. The zero-order chi connectivity index (χ0) is 18.4. The molecule has 5 heteroatoms. The molecule has 138 valence electrons. The van der Waals surface area contributed by atoms with Crippen LogP contribution in [0, 0.1) is 0 Å². The molecule has 2 aromatic carbocycles. The number of rotatable bonds is 6. The summed E-state index contributed by atoms with van der Waals surface area (Å²) < 4.78 is 0. The van der Waals surface area contributed by atoms with Crippen molar-refractivity contribution < 1.29 is 4.79 Å². The van der Waals surface area contributed by atoms with Crippen LogP contribution in [0.4, 0.5) is 5.69 Å². The zero-order valence-electron chi connectivity index (χ0n) is 15.2. The molecule has 1 N–H and O–H groups in total. The number of anilines is 1. The summed E-state index contributed by atoms with van der Waals surface area (Å²) >= 11 is 6.08. The van der Waals surface area contributed by atoms with Crippen molar-refractivity contribution in [2.24, 2.45) is 0 Å². The second-order valence-electron chi connectivity index (χ2n) is 6.76. The fourth-order valence-corrected chi connectivity index (χ4v) is 3.49. The zero-order valence-corrected chi connectivity index (χ0v) is 16.0. The molecular formula is C21H26ClN3O. The Bertz CT molecular complexity index is 714. The minimum absolute atomic E-state index is 0.0448. The largest absolute Gasteiger partial charge is 0.369 e. The standard InChI is InChI=1S/C21H26ClN3O/c1-17(18-6-3-2-4-7-18)23-21(26)10-11-24-12-14-25(15-13-24)20-9-5-8-19(22)16-20/h2-9,16-17H,10-15H2,1H3,(H,23,26)/t17-/m0/s1. The summed E-state index contributed by atoms with van der Waals surface area (Å²) in [7, 11) is 0. The average Bonchev–Trinajstić information content (AvgIpc) is 2.67. The monoisotopic (exact) mass is 371 g/mol. The normalized spacial score (nSPS) is 16.3. The summed E-state index contributed by atoms with van der Waals surface area (Å²) in [5.74, 6) is 0.110. The molecule has 1 atom stereocenters. The first kappa shape index (κ1) is 18.7. The highest BCUT2D eigenvalue weighted by Gasteiger charge is 2.18. The SMILES string of the molecule is C[C@H](NC(=O)CCN1CCN(c2cccc(Cl)c2)CC1)c1ccccc1. The molecule has 0 radical (unpaired) electrons. The van der Waals surface area contributed by atoms with Gasteiger partial charge in [-0.25, -0.2) is 0 Å². The smallest absolute Gasteiger partial charge is 0.221 e. The first-order chi connectivity index (χ1) is 12.6. The summed E-state index contributed by atoms with van der Waals surface area (Å²) in [6, 6.07) is 18.1. The maximum absolute atomic E-state index is 12.2. The van der Waals surface area contributed by atoms with Crippen LogP contribution in [0.5, 0.6) is 0 Å². The molecule has 1 amide bonds. The van der Waals surface area contributed by atoms with E-state index in [0.29, 0.717) is 6.42 Å². The molecule has 3 rings (SSSR count). The van der Waals surface area contributed by atoms with Gasteiger partial charge in [-0.15, -0.1) is 0 Å². The first-order valence-electron chi connectivity index (χ1n) is 9.19. The van der Waals surface area contributed by atoms with Crippen molar-refractivity contribution in [2.45, 2.75) is 19.4 Å². The van der Waals surface area contributed by atoms with Gasteiger partial charge in [0.1, 0.15) is 0 Å². The van der Waals surface area contributed by atoms with Gasteiger partial charge in [0, 0.05) is 49.9 Å². The van der Waals surface area contributed by atoms with E-state index in [1.165, 1.54) is 5.69 Å². The van der Waals surface area contributed by atoms with E-state index in [0.717, 1.165) is 43.3 Å². The molecule has 0 saturated carbocycles. The van der Waals surface area contributed by atoms with Crippen molar-refractivity contribution in [1.29, 1.82) is 0 Å². The molecule has 0 aliphatic carbocycles. The van der Waals surface area contributed by atoms with Gasteiger partial charge in [-0.2, -0.15) is 0 Å². The van der Waals surface area contributed by atoms with Crippen LogP contribution in [0.15, 0.2) is 54.6 Å². The summed E-state index contributed by atoms with van der Waals surface area (Å²) in [5, 5.41) is 3.86. The number of hydrogen-bond acceptors (Lipinski definition) is 3. The predicted molar refractivity (Wildman–Crippen MR) is 108 cm³/mol. The molecule has 1 fully saturated rings. The highest BCUT2D eigenvalue weighted by molar-refractivity contribution is 6.30. The maximum atomic E-state index is 12.2. The van der Waals surface area contributed by atoms with E-state index in [4.69, 9.17) is 11.6 Å². The molecule has 2 aromatic rings. The van der Waals surface area contributed by atoms with Crippen LogP contribution < -0.4 is 10.2 Å². The van der Waals surface area contributed by atoms with Crippen LogP contribution in [0.25, 0.3) is 0 Å². The number of nitrogens with one attached hydrogen (secondary N) is 1. The van der Waals surface area contributed by atoms with Gasteiger partial charge < -0.3 is 10.2 Å². The van der Waals surface area contributed by atoms with E-state index >= 15 is 0 Å². The highest BCUT2D eigenvalue weighted by Crippen LogP contribution is 2.20. The molecule has 26 heavy (non-hydrogen) atoms. The molecule has 0 aromatic heterocycles. The Morgan fingerprint density at radius 3 is 2.50 bits per heavy atom. The van der Waals surface area contributed by atoms with Crippen LogP contribution in [0.3, 0.4) is 0 Å². The van der Waals surface area contributed by atoms with Gasteiger partial charge in [0.15, 0.2) is 0 Å². The van der Waals surface area contributed by atoms with Crippen molar-refractivity contribution in [3.63, 3.8) is 0 Å². The van der Waals surface area contributed by atoms with Crippen molar-refractivity contribution in [3.05, 3.63) is 65.2 Å². The molecule has 0 unspecified atom stereocenters. The fraction of sp³-hybridized carbons (Fsp3) is 0.381. The summed E-state index contributed by atoms with van der Waals surface area (Å²) in [5.41, 5.74) is 2.31. The number of piperazine rings is 1. The van der Waals surface area contributed by atoms with Crippen LogP contribution in [0.2, 0.25) is 5.02 Å². The van der Waals surface area contributed by atoms with Crippen LogP contribution >= 0.6 is 11.6 Å². The molecule has 1 aliphatic rings. The first-order valence-corrected chi connectivity index (χ1v) is 9.57. The molecule has 1 saturated heterocycles. The Labute approximate surface area is 160 Å². The van der Waals surface area contributed by atoms with Gasteiger partial charge in [0.2, 0.25) is 5.91 Å². The Kier molecular flexibility index (Phi) is 6.53. The topological polar surface area (TPSA) is 35.6 Å². The van der Waals surface area contributed by atoms with Gasteiger partial charge in [-0.3, -0.25) is 9.69 Å². The van der Waals surface area contributed by atoms with E-state index in [9.17, 15) is 4.79 Å². The van der Waals surface area contributed by atoms with Gasteiger partial charge in [0.25, 0.3) is 0 Å². The number of hydrogen-bond donors (Lipinski definition) is 1. The van der Waals surface area contributed by atoms with Crippen LogP contribution in [-0.2, 0) is 4.79 Å². The van der Waals surface area contributed by atoms with Gasteiger partial charge >= 0.3 is 0 Å². The second kappa shape index (κ2) is 9.06. The number of nitrogens with zero attached hydrogens (tertiary/aromatic N) is 2. The molecule has 1 heterocycles. The minimum atomic E-state index is 0.0448. The molecule has 0 bridgehead atoms. The van der Waals surface area contributed by atoms with E-state index in [-0.39, 0.29) is 11.9 Å². The molecular weight excluding hydrogens is 346 g/mol. The van der Waals surface area contributed by atoms with Crippen molar-refractivity contribution in [3.8, 4) is 0 Å². The predicted octanol–water partition coefficient (Wildman–Crippen LogP) is 3.73. The van der Waals surface area contributed by atoms with Crippen molar-refractivity contribution in [1.82, 2.24) is 10.2 Å². The molecule has 4 nitrogen and oxygen atoms in total. The van der Waals surface area contributed by atoms with E-state index in [2.05, 4.69) is 21.2 Å². The number of benzene rings is 2. The van der Waals surface area contributed by atoms with E-state index in [1.54, 1.807) is 0 Å². The lowest BCUT2D eigenvalue weighted by atomic mass is 10.1. The van der Waals surface area contributed by atoms with Crippen LogP contribution in [0.1, 0.15) is 24.9 Å². The third kappa shape index (κ3) is 5.23. The van der Waals surface area contributed by atoms with E-state index < -0.39 is 0 Å². The maximum Gasteiger partial charge on any atom is 0.221 e. The van der Waals surface area contributed by atoms with Crippen molar-refractivity contribution in [2.75, 3.05) is 37.6 Å². The minimum Gasteiger partial charge on any atom is -0.369 e. The number of carbonyl (C=O) groups excluding carboxylic acids is 1. The highest BCUT2D eigenvalue weighted by atomic mass is 35.5. The molecule has 1 aliphatic heterocycles. The quantitative estimate of drug-likeness (QED) is 0.840. The number of carbonyl (C=O) groups is 1. The van der Waals surface area contributed by atoms with Gasteiger partial charge in [0.05, 0.1) is 6.04 Å². The number of amides is 1. The summed E-state index contributed by atoms with van der Waals surface area (Å²) in [6.07, 6.45) is 0.536. The van der Waals surface area contributed by atoms with Gasteiger partial charge in [-0.1, -0.05) is 48.0 Å². The summed E-state index contributed by atoms with van der Waals surface area (Å²) in [6.45, 7) is 6.68. The van der Waals surface area contributed by atoms with Crippen LogP contribution in [-0.4, -0.2) is 43.5 Å². The lowest BCUT2D eigenvalue weighted by Gasteiger charge is -2.36. The lowest BCUT2D eigenvalue weighted by molar-refractivity contribution is -0.122. The summed E-state index contributed by atoms with van der Waals surface area (Å²) in [4.78, 5) is 16.9. The van der Waals surface area contributed by atoms with E-state index in [1.807, 2.05) is 55.5 Å².